The molecule has 8 unspecified atom stereocenters. The van der Waals surface area contributed by atoms with Gasteiger partial charge in [0.15, 0.2) is 0 Å². The van der Waals surface area contributed by atoms with E-state index in [1.54, 1.807) is 62.8 Å². The average Bonchev–Trinajstić information content (AvgIpc) is 3.76. The fraction of sp³-hybridized carbons (Fsp3) is 0.627. The summed E-state index contributed by atoms with van der Waals surface area (Å²) in [6.07, 6.45) is 3.94. The number of likely N-dealkylation sites (N-methyl/N-ethyl adjacent to an activating group) is 2. The number of likely N-dealkylation sites (tertiary alicyclic amines) is 1. The van der Waals surface area contributed by atoms with Crippen LogP contribution in [0.4, 0.5) is 4.79 Å². The third kappa shape index (κ3) is 16.1. The Hall–Kier alpha value is -4.84. The Morgan fingerprint density at radius 1 is 0.868 bits per heavy atom. The molecule has 1 saturated heterocycles. The van der Waals surface area contributed by atoms with Gasteiger partial charge >= 0.3 is 6.09 Å². The van der Waals surface area contributed by atoms with Crippen LogP contribution in [-0.4, -0.2) is 140 Å². The molecule has 1 aliphatic heterocycles. The molecule has 5 amide bonds. The fourth-order valence-corrected chi connectivity index (χ4v) is 9.46. The second kappa shape index (κ2) is 25.7. The first-order valence-corrected chi connectivity index (χ1v) is 25.2. The summed E-state index contributed by atoms with van der Waals surface area (Å²) >= 11 is 0. The largest absolute Gasteiger partial charge is 0.444 e. The minimum Gasteiger partial charge on any atom is -0.444 e. The van der Waals surface area contributed by atoms with Crippen LogP contribution in [0.3, 0.4) is 0 Å². The molecule has 380 valence electrons. The van der Waals surface area contributed by atoms with Crippen molar-refractivity contribution in [3.05, 3.63) is 71.8 Å². The molecule has 0 saturated carbocycles. The van der Waals surface area contributed by atoms with Crippen LogP contribution in [0.15, 0.2) is 65.6 Å². The number of amides is 5. The minimum absolute atomic E-state index is 0.0550. The van der Waals surface area contributed by atoms with Crippen LogP contribution >= 0.6 is 0 Å². The lowest BCUT2D eigenvalue weighted by Gasteiger charge is -2.41. The maximum absolute atomic E-state index is 14.6. The molecule has 1 heterocycles. The van der Waals surface area contributed by atoms with E-state index < -0.39 is 76.1 Å². The molecular formula is C51H79N5O11S. The standard InChI is InChI=1S/C51H79N5O11S/c1-15-34(6)45(54(11)49(60)43(32(2)3)53-48(59)44(33(4)5)55(12)50(61)67-51(8,9)10)41(65-13)31-42(57)56-29-19-22-40(56)46(66-14)35(7)47(58)52-38(30-37-20-17-16-18-21-37)26-23-36-24-27-39(28-25-36)68(62,63)64/h16-18,20-21,23-28,32-35,38,40-41,43-46H,15,19,22,29-31H2,1-14H3,(H,52,58)(H,53,59)(H,62,63,64)/b26-23+/t34?,35?,38?,40-,41?,43?,44?,45?,46?/m0/s1. The van der Waals surface area contributed by atoms with Crippen LogP contribution in [0.25, 0.3) is 6.08 Å². The summed E-state index contributed by atoms with van der Waals surface area (Å²) in [5.41, 5.74) is 0.877. The zero-order valence-electron chi connectivity index (χ0n) is 42.7. The van der Waals surface area contributed by atoms with E-state index in [0.717, 1.165) is 5.56 Å². The van der Waals surface area contributed by atoms with Crippen LogP contribution in [0.2, 0.25) is 0 Å². The third-order valence-electron chi connectivity index (χ3n) is 12.8. The summed E-state index contributed by atoms with van der Waals surface area (Å²) in [6.45, 7) is 18.8. The van der Waals surface area contributed by atoms with Crippen molar-refractivity contribution in [3.8, 4) is 0 Å². The molecule has 68 heavy (non-hydrogen) atoms. The number of carbonyl (C=O) groups excluding carboxylic acids is 5. The van der Waals surface area contributed by atoms with Gasteiger partial charge in [-0.25, -0.2) is 4.79 Å². The van der Waals surface area contributed by atoms with Gasteiger partial charge in [-0.2, -0.15) is 8.42 Å². The normalized spacial score (nSPS) is 18.0. The third-order valence-corrected chi connectivity index (χ3v) is 13.7. The van der Waals surface area contributed by atoms with Crippen molar-refractivity contribution in [2.24, 2.45) is 23.7 Å². The quantitative estimate of drug-likeness (QED) is 0.101. The summed E-state index contributed by atoms with van der Waals surface area (Å²) in [5.74, 6) is -2.76. The van der Waals surface area contributed by atoms with Crippen molar-refractivity contribution in [1.29, 1.82) is 0 Å². The fourth-order valence-electron chi connectivity index (χ4n) is 8.98. The number of ether oxygens (including phenoxy) is 3. The number of hydrogen-bond acceptors (Lipinski definition) is 10. The molecule has 2 aromatic rings. The summed E-state index contributed by atoms with van der Waals surface area (Å²) < 4.78 is 50.2. The Bertz CT molecular complexity index is 2110. The molecular weight excluding hydrogens is 891 g/mol. The number of benzene rings is 2. The molecule has 0 radical (unpaired) electrons. The summed E-state index contributed by atoms with van der Waals surface area (Å²) in [7, 11) is 1.89. The van der Waals surface area contributed by atoms with Crippen LogP contribution < -0.4 is 10.6 Å². The SMILES string of the molecule is CCC(C)C(C(CC(=O)N1CCC[C@H]1C(OC)C(C)C(=O)NC(/C=C/c1ccc(S(=O)(=O)O)cc1)Cc1ccccc1)OC)N(C)C(=O)C(NC(=O)C(C(C)C)N(C)C(=O)OC(C)(C)C)C(C)C. The van der Waals surface area contributed by atoms with Crippen molar-refractivity contribution < 1.29 is 51.2 Å². The van der Waals surface area contributed by atoms with E-state index in [-0.39, 0.29) is 46.8 Å². The topological polar surface area (TPSA) is 201 Å². The lowest BCUT2D eigenvalue weighted by atomic mass is 9.89. The highest BCUT2D eigenvalue weighted by Crippen LogP contribution is 2.30. The number of carbonyl (C=O) groups is 5. The zero-order valence-corrected chi connectivity index (χ0v) is 43.5. The monoisotopic (exact) mass is 970 g/mol. The number of rotatable bonds is 23. The number of methoxy groups -OCH3 is 2. The molecule has 1 fully saturated rings. The van der Waals surface area contributed by atoms with E-state index in [1.165, 1.54) is 38.3 Å². The number of hydrogen-bond donors (Lipinski definition) is 3. The molecule has 17 heteroatoms. The molecule has 0 aliphatic carbocycles. The Labute approximate surface area is 405 Å². The Morgan fingerprint density at radius 2 is 1.49 bits per heavy atom. The predicted octanol–water partition coefficient (Wildman–Crippen LogP) is 6.63. The molecule has 3 N–H and O–H groups in total. The van der Waals surface area contributed by atoms with Crippen molar-refractivity contribution in [1.82, 2.24) is 25.3 Å². The Morgan fingerprint density at radius 3 is 2.00 bits per heavy atom. The van der Waals surface area contributed by atoms with Gasteiger partial charge in [0.1, 0.15) is 17.7 Å². The molecule has 0 bridgehead atoms. The van der Waals surface area contributed by atoms with Crippen molar-refractivity contribution in [2.75, 3.05) is 34.9 Å². The van der Waals surface area contributed by atoms with Crippen molar-refractivity contribution in [2.45, 2.75) is 154 Å². The highest BCUT2D eigenvalue weighted by molar-refractivity contribution is 7.85. The maximum Gasteiger partial charge on any atom is 0.410 e. The van der Waals surface area contributed by atoms with Gasteiger partial charge in [-0.15, -0.1) is 0 Å². The molecule has 2 aromatic carbocycles. The van der Waals surface area contributed by atoms with Gasteiger partial charge in [-0.05, 0) is 81.0 Å². The van der Waals surface area contributed by atoms with Gasteiger partial charge in [0, 0.05) is 34.9 Å². The Balaban J connectivity index is 1.83. The number of nitrogens with zero attached hydrogens (tertiary/aromatic N) is 3. The maximum atomic E-state index is 14.6. The van der Waals surface area contributed by atoms with Gasteiger partial charge in [0.2, 0.25) is 23.6 Å². The van der Waals surface area contributed by atoms with Crippen LogP contribution in [0, 0.1) is 23.7 Å². The van der Waals surface area contributed by atoms with Gasteiger partial charge in [0.05, 0.1) is 47.6 Å². The summed E-state index contributed by atoms with van der Waals surface area (Å²) in [4.78, 5) is 74.6. The lowest BCUT2D eigenvalue weighted by molar-refractivity contribution is -0.148. The van der Waals surface area contributed by atoms with Crippen LogP contribution in [0.1, 0.15) is 106 Å². The molecule has 3 rings (SSSR count). The van der Waals surface area contributed by atoms with Crippen LogP contribution in [-0.2, 0) is 49.9 Å². The second-order valence-corrected chi connectivity index (χ2v) is 21.2. The van der Waals surface area contributed by atoms with Gasteiger partial charge in [-0.3, -0.25) is 28.6 Å². The first-order valence-electron chi connectivity index (χ1n) is 23.7. The molecule has 9 atom stereocenters. The lowest BCUT2D eigenvalue weighted by Crippen LogP contribution is -2.60. The zero-order chi connectivity index (χ0) is 51.3. The van der Waals surface area contributed by atoms with Crippen LogP contribution in [0.5, 0.6) is 0 Å². The highest BCUT2D eigenvalue weighted by Gasteiger charge is 2.44. The summed E-state index contributed by atoms with van der Waals surface area (Å²) in [5, 5.41) is 6.11. The van der Waals surface area contributed by atoms with Gasteiger partial charge in [0.25, 0.3) is 10.1 Å². The minimum atomic E-state index is -4.35. The smallest absolute Gasteiger partial charge is 0.410 e. The first-order chi connectivity index (χ1) is 31.8. The average molecular weight is 970 g/mol. The molecule has 0 aromatic heterocycles. The van der Waals surface area contributed by atoms with Crippen molar-refractivity contribution >= 4 is 45.9 Å². The first kappa shape index (κ1) is 57.5. The van der Waals surface area contributed by atoms with E-state index in [9.17, 15) is 36.9 Å². The van der Waals surface area contributed by atoms with E-state index in [0.29, 0.717) is 37.8 Å². The molecule has 16 nitrogen and oxygen atoms in total. The van der Waals surface area contributed by atoms with E-state index in [1.807, 2.05) is 78.0 Å². The van der Waals surface area contributed by atoms with Gasteiger partial charge < -0.3 is 34.6 Å². The predicted molar refractivity (Wildman–Crippen MR) is 263 cm³/mol. The van der Waals surface area contributed by atoms with E-state index in [4.69, 9.17) is 14.2 Å². The summed E-state index contributed by atoms with van der Waals surface area (Å²) in [6, 6.07) is 12.1. The molecule has 0 spiro atoms. The van der Waals surface area contributed by atoms with Crippen molar-refractivity contribution in [3.63, 3.8) is 0 Å². The molecule has 1 aliphatic rings. The highest BCUT2D eigenvalue weighted by atomic mass is 32.2. The van der Waals surface area contributed by atoms with E-state index in [2.05, 4.69) is 10.6 Å². The number of nitrogens with one attached hydrogen (secondary N) is 2. The van der Waals surface area contributed by atoms with Gasteiger partial charge in [-0.1, -0.05) is 110 Å². The Kier molecular flexibility index (Phi) is 21.7. The second-order valence-electron chi connectivity index (χ2n) is 19.8. The van der Waals surface area contributed by atoms with E-state index >= 15 is 0 Å².